The lowest BCUT2D eigenvalue weighted by Gasteiger charge is -2.27. The summed E-state index contributed by atoms with van der Waals surface area (Å²) in [6.07, 6.45) is 0. The maximum absolute atomic E-state index is 6.07. The highest BCUT2D eigenvalue weighted by Crippen LogP contribution is 2.36. The van der Waals surface area contributed by atoms with Crippen LogP contribution in [0.3, 0.4) is 0 Å². The fraction of sp³-hybridized carbons (Fsp3) is 0.375. The molecule has 0 aliphatic heterocycles. The van der Waals surface area contributed by atoms with Crippen LogP contribution in [-0.2, 0) is 5.41 Å². The van der Waals surface area contributed by atoms with E-state index in [0.717, 1.165) is 4.34 Å². The van der Waals surface area contributed by atoms with E-state index in [-0.39, 0.29) is 11.5 Å². The van der Waals surface area contributed by atoms with Crippen LogP contribution in [0.5, 0.6) is 0 Å². The number of nitrogens with one attached hydrogen (secondary N) is 1. The normalized spacial score (nSPS) is 13.5. The van der Waals surface area contributed by atoms with Gasteiger partial charge >= 0.3 is 0 Å². The SMILES string of the molecule is CNC(c1ccc(Cl)s1)c1ccccc1C(C)(C)C. The third-order valence-corrected chi connectivity index (χ3v) is 4.54. The van der Waals surface area contributed by atoms with Crippen molar-refractivity contribution in [1.82, 2.24) is 5.32 Å². The van der Waals surface area contributed by atoms with Crippen LogP contribution in [0.25, 0.3) is 0 Å². The van der Waals surface area contributed by atoms with Crippen LogP contribution in [-0.4, -0.2) is 7.05 Å². The van der Waals surface area contributed by atoms with Crippen LogP contribution in [0, 0.1) is 0 Å². The second-order valence-corrected chi connectivity index (χ2v) is 7.45. The molecule has 1 unspecified atom stereocenters. The molecule has 1 aromatic heterocycles. The summed E-state index contributed by atoms with van der Waals surface area (Å²) < 4.78 is 0.837. The summed E-state index contributed by atoms with van der Waals surface area (Å²) in [4.78, 5) is 1.25. The first-order valence-corrected chi connectivity index (χ1v) is 7.65. The van der Waals surface area contributed by atoms with E-state index in [9.17, 15) is 0 Å². The molecule has 19 heavy (non-hydrogen) atoms. The third-order valence-electron chi connectivity index (χ3n) is 3.25. The Morgan fingerprint density at radius 1 is 1.11 bits per heavy atom. The summed E-state index contributed by atoms with van der Waals surface area (Å²) in [5, 5.41) is 3.41. The van der Waals surface area contributed by atoms with Crippen molar-refractivity contribution in [3.8, 4) is 0 Å². The van der Waals surface area contributed by atoms with Crippen molar-refractivity contribution < 1.29 is 0 Å². The first-order chi connectivity index (χ1) is 8.93. The van der Waals surface area contributed by atoms with Crippen LogP contribution >= 0.6 is 22.9 Å². The Labute approximate surface area is 124 Å². The molecular formula is C16H20ClNS. The third kappa shape index (κ3) is 3.19. The molecule has 0 spiro atoms. The van der Waals surface area contributed by atoms with Gasteiger partial charge in [0.2, 0.25) is 0 Å². The molecule has 1 atom stereocenters. The lowest BCUT2D eigenvalue weighted by atomic mass is 9.81. The predicted molar refractivity (Wildman–Crippen MR) is 85.4 cm³/mol. The van der Waals surface area contributed by atoms with E-state index in [1.165, 1.54) is 16.0 Å². The largest absolute Gasteiger partial charge is 0.309 e. The van der Waals surface area contributed by atoms with E-state index in [1.54, 1.807) is 11.3 Å². The molecule has 2 aromatic rings. The highest BCUT2D eigenvalue weighted by atomic mass is 35.5. The van der Waals surface area contributed by atoms with Gasteiger partial charge in [0.05, 0.1) is 10.4 Å². The Bertz CT molecular complexity index is 554. The van der Waals surface area contributed by atoms with Gasteiger partial charge in [-0.3, -0.25) is 0 Å². The quantitative estimate of drug-likeness (QED) is 0.839. The van der Waals surface area contributed by atoms with Crippen LogP contribution in [0.4, 0.5) is 0 Å². The van der Waals surface area contributed by atoms with Crippen molar-refractivity contribution in [2.24, 2.45) is 0 Å². The van der Waals surface area contributed by atoms with Crippen LogP contribution < -0.4 is 5.32 Å². The second-order valence-electron chi connectivity index (χ2n) is 5.70. The average molecular weight is 294 g/mol. The summed E-state index contributed by atoms with van der Waals surface area (Å²) >= 11 is 7.71. The number of rotatable bonds is 3. The molecule has 0 saturated heterocycles. The Hall–Kier alpha value is -0.830. The van der Waals surface area contributed by atoms with Gasteiger partial charge in [0.15, 0.2) is 0 Å². The average Bonchev–Trinajstić information content (AvgIpc) is 2.76. The summed E-state index contributed by atoms with van der Waals surface area (Å²) in [6, 6.07) is 12.9. The molecule has 0 radical (unpaired) electrons. The summed E-state index contributed by atoms with van der Waals surface area (Å²) in [5.41, 5.74) is 2.84. The molecule has 3 heteroatoms. The smallest absolute Gasteiger partial charge is 0.0931 e. The van der Waals surface area contributed by atoms with Crippen molar-refractivity contribution in [1.29, 1.82) is 0 Å². The molecule has 0 saturated carbocycles. The molecule has 0 aliphatic carbocycles. The molecule has 1 heterocycles. The van der Waals surface area contributed by atoms with Crippen LogP contribution in [0.15, 0.2) is 36.4 Å². The standard InChI is InChI=1S/C16H20ClNS/c1-16(2,3)12-8-6-5-7-11(12)15(18-4)13-9-10-14(17)19-13/h5-10,15,18H,1-4H3. The Balaban J connectivity index is 2.50. The minimum absolute atomic E-state index is 0.132. The number of hydrogen-bond donors (Lipinski definition) is 1. The van der Waals surface area contributed by atoms with Gasteiger partial charge < -0.3 is 5.32 Å². The van der Waals surface area contributed by atoms with Gasteiger partial charge in [0, 0.05) is 4.88 Å². The zero-order valence-electron chi connectivity index (χ0n) is 11.8. The summed E-state index contributed by atoms with van der Waals surface area (Å²) in [7, 11) is 2.00. The van der Waals surface area contributed by atoms with Crippen LogP contribution in [0.2, 0.25) is 4.34 Å². The van der Waals surface area contributed by atoms with Crippen molar-refractivity contribution in [3.05, 3.63) is 56.7 Å². The molecule has 0 amide bonds. The number of hydrogen-bond acceptors (Lipinski definition) is 2. The molecule has 102 valence electrons. The lowest BCUT2D eigenvalue weighted by Crippen LogP contribution is -2.22. The maximum atomic E-state index is 6.07. The highest BCUT2D eigenvalue weighted by Gasteiger charge is 2.23. The molecule has 2 rings (SSSR count). The summed E-state index contributed by atoms with van der Waals surface area (Å²) in [6.45, 7) is 6.75. The molecule has 1 nitrogen and oxygen atoms in total. The highest BCUT2D eigenvalue weighted by molar-refractivity contribution is 7.16. The Morgan fingerprint density at radius 2 is 1.79 bits per heavy atom. The molecule has 0 bridgehead atoms. The van der Waals surface area contributed by atoms with Gasteiger partial charge in [0.25, 0.3) is 0 Å². The van der Waals surface area contributed by atoms with Crippen LogP contribution in [0.1, 0.15) is 42.8 Å². The topological polar surface area (TPSA) is 12.0 Å². The minimum Gasteiger partial charge on any atom is -0.309 e. The Kier molecular flexibility index (Phi) is 4.34. The number of benzene rings is 1. The van der Waals surface area contributed by atoms with E-state index >= 15 is 0 Å². The molecule has 0 fully saturated rings. The fourth-order valence-corrected chi connectivity index (χ4v) is 3.56. The van der Waals surface area contributed by atoms with Crippen molar-refractivity contribution in [2.75, 3.05) is 7.05 Å². The number of halogens is 1. The molecule has 1 N–H and O–H groups in total. The zero-order valence-corrected chi connectivity index (χ0v) is 13.4. The first-order valence-electron chi connectivity index (χ1n) is 6.45. The van der Waals surface area contributed by atoms with Gasteiger partial charge in [-0.2, -0.15) is 0 Å². The first kappa shape index (κ1) is 14.6. The molecule has 1 aromatic carbocycles. The predicted octanol–water partition coefficient (Wildman–Crippen LogP) is 5.01. The van der Waals surface area contributed by atoms with Crippen molar-refractivity contribution in [2.45, 2.75) is 32.2 Å². The Morgan fingerprint density at radius 3 is 2.32 bits per heavy atom. The van der Waals surface area contributed by atoms with Gasteiger partial charge in [-0.05, 0) is 35.7 Å². The summed E-state index contributed by atoms with van der Waals surface area (Å²) in [5.74, 6) is 0. The van der Waals surface area contributed by atoms with Crippen molar-refractivity contribution >= 4 is 22.9 Å². The van der Waals surface area contributed by atoms with E-state index in [0.29, 0.717) is 0 Å². The van der Waals surface area contributed by atoms with E-state index in [4.69, 9.17) is 11.6 Å². The van der Waals surface area contributed by atoms with E-state index in [1.807, 2.05) is 13.1 Å². The monoisotopic (exact) mass is 293 g/mol. The minimum atomic E-state index is 0.132. The van der Waals surface area contributed by atoms with Gasteiger partial charge in [-0.1, -0.05) is 56.6 Å². The van der Waals surface area contributed by atoms with E-state index < -0.39 is 0 Å². The number of thiophene rings is 1. The zero-order chi connectivity index (χ0) is 14.0. The fourth-order valence-electron chi connectivity index (χ4n) is 2.37. The van der Waals surface area contributed by atoms with Crippen molar-refractivity contribution in [3.63, 3.8) is 0 Å². The maximum Gasteiger partial charge on any atom is 0.0931 e. The van der Waals surface area contributed by atoms with Gasteiger partial charge in [-0.15, -0.1) is 11.3 Å². The molecular weight excluding hydrogens is 274 g/mol. The van der Waals surface area contributed by atoms with Gasteiger partial charge in [0.1, 0.15) is 0 Å². The lowest BCUT2D eigenvalue weighted by molar-refractivity contribution is 0.568. The van der Waals surface area contributed by atoms with E-state index in [2.05, 4.69) is 56.4 Å². The second kappa shape index (κ2) is 5.66. The molecule has 0 aliphatic rings. The van der Waals surface area contributed by atoms with Gasteiger partial charge in [-0.25, -0.2) is 0 Å².